The van der Waals surface area contributed by atoms with E-state index in [1.54, 1.807) is 36.4 Å². The Balaban J connectivity index is 2.15. The van der Waals surface area contributed by atoms with Gasteiger partial charge in [0, 0.05) is 5.56 Å². The van der Waals surface area contributed by atoms with Crippen molar-refractivity contribution in [3.05, 3.63) is 53.1 Å². The molecule has 1 N–H and O–H groups in total. The zero-order chi connectivity index (χ0) is 20.7. The van der Waals surface area contributed by atoms with Gasteiger partial charge < -0.3 is 9.47 Å². The number of nitrogens with zero attached hydrogens (tertiary/aromatic N) is 2. The Bertz CT molecular complexity index is 979. The van der Waals surface area contributed by atoms with Gasteiger partial charge in [-0.1, -0.05) is 29.8 Å². The van der Waals surface area contributed by atoms with Gasteiger partial charge in [-0.2, -0.15) is 5.10 Å². The van der Waals surface area contributed by atoms with E-state index in [4.69, 9.17) is 21.1 Å². The molecule has 10 heteroatoms. The molecule has 0 unspecified atom stereocenters. The van der Waals surface area contributed by atoms with Crippen molar-refractivity contribution in [3.63, 3.8) is 0 Å². The van der Waals surface area contributed by atoms with Crippen LogP contribution in [0.15, 0.2) is 47.6 Å². The number of hydrogen-bond donors (Lipinski definition) is 1. The molecule has 0 fully saturated rings. The number of hydrazone groups is 1. The van der Waals surface area contributed by atoms with E-state index in [2.05, 4.69) is 10.5 Å². The summed E-state index contributed by atoms with van der Waals surface area (Å²) in [4.78, 5) is 12.2. The quantitative estimate of drug-likeness (QED) is 0.517. The number of sulfonamides is 1. The van der Waals surface area contributed by atoms with E-state index >= 15 is 0 Å². The van der Waals surface area contributed by atoms with Gasteiger partial charge in [0.25, 0.3) is 5.91 Å². The Hall–Kier alpha value is -2.78. The first-order valence-corrected chi connectivity index (χ1v) is 10.3. The molecule has 8 nitrogen and oxygen atoms in total. The maximum absolute atomic E-state index is 12.2. The maximum atomic E-state index is 12.2. The molecular weight excluding hydrogens is 406 g/mol. The third-order valence-electron chi connectivity index (χ3n) is 3.63. The van der Waals surface area contributed by atoms with Crippen LogP contribution in [-0.4, -0.2) is 47.6 Å². The van der Waals surface area contributed by atoms with Crippen LogP contribution in [0.4, 0.5) is 5.69 Å². The van der Waals surface area contributed by atoms with E-state index in [0.29, 0.717) is 17.1 Å². The number of methoxy groups -OCH3 is 2. The van der Waals surface area contributed by atoms with Crippen LogP contribution in [0.1, 0.15) is 5.56 Å². The van der Waals surface area contributed by atoms with Crippen molar-refractivity contribution in [2.75, 3.05) is 31.3 Å². The first kappa shape index (κ1) is 21.5. The fourth-order valence-electron chi connectivity index (χ4n) is 2.39. The van der Waals surface area contributed by atoms with Crippen molar-refractivity contribution < 1.29 is 22.7 Å². The molecule has 0 aliphatic rings. The average molecular weight is 426 g/mol. The molecule has 0 aliphatic carbocycles. The molecule has 0 radical (unpaired) electrons. The summed E-state index contributed by atoms with van der Waals surface area (Å²) >= 11 is 6.06. The van der Waals surface area contributed by atoms with Crippen LogP contribution in [0, 0.1) is 0 Å². The number of hydrogen-bond acceptors (Lipinski definition) is 6. The summed E-state index contributed by atoms with van der Waals surface area (Å²) in [7, 11) is -0.736. The lowest BCUT2D eigenvalue weighted by atomic mass is 10.2. The molecule has 2 rings (SSSR count). The Morgan fingerprint density at radius 1 is 1.18 bits per heavy atom. The van der Waals surface area contributed by atoms with Gasteiger partial charge in [0.15, 0.2) is 11.5 Å². The van der Waals surface area contributed by atoms with Crippen molar-refractivity contribution in [1.29, 1.82) is 0 Å². The van der Waals surface area contributed by atoms with Crippen molar-refractivity contribution in [2.24, 2.45) is 5.10 Å². The molecule has 1 amide bonds. The predicted molar refractivity (Wildman–Crippen MR) is 109 cm³/mol. The molecule has 0 saturated carbocycles. The topological polar surface area (TPSA) is 97.3 Å². The number of ether oxygens (including phenoxy) is 2. The second-order valence-corrected chi connectivity index (χ2v) is 7.91. The van der Waals surface area contributed by atoms with Crippen LogP contribution in [-0.2, 0) is 14.8 Å². The van der Waals surface area contributed by atoms with Crippen molar-refractivity contribution >= 4 is 39.4 Å². The summed E-state index contributed by atoms with van der Waals surface area (Å²) in [6, 6.07) is 11.5. The lowest BCUT2D eigenvalue weighted by Gasteiger charge is -2.22. The van der Waals surface area contributed by atoms with Gasteiger partial charge in [-0.05, 0) is 24.3 Å². The number of rotatable bonds is 8. The van der Waals surface area contributed by atoms with Crippen LogP contribution in [0.25, 0.3) is 0 Å². The van der Waals surface area contributed by atoms with Gasteiger partial charge in [-0.3, -0.25) is 9.10 Å². The molecular formula is C18H20ClN3O5S. The molecule has 0 aromatic heterocycles. The molecule has 0 heterocycles. The van der Waals surface area contributed by atoms with Gasteiger partial charge in [-0.25, -0.2) is 13.8 Å². The molecule has 0 aliphatic heterocycles. The van der Waals surface area contributed by atoms with Gasteiger partial charge in [0.2, 0.25) is 10.0 Å². The number of nitrogens with one attached hydrogen (secondary N) is 1. The number of carbonyl (C=O) groups is 1. The molecule has 150 valence electrons. The summed E-state index contributed by atoms with van der Waals surface area (Å²) in [6.45, 7) is -0.477. The second-order valence-electron chi connectivity index (χ2n) is 5.60. The highest BCUT2D eigenvalue weighted by molar-refractivity contribution is 7.92. The Morgan fingerprint density at radius 2 is 1.89 bits per heavy atom. The number of benzene rings is 2. The molecule has 0 spiro atoms. The number of anilines is 1. The first-order valence-electron chi connectivity index (χ1n) is 8.03. The summed E-state index contributed by atoms with van der Waals surface area (Å²) in [6.07, 6.45) is 2.37. The summed E-state index contributed by atoms with van der Waals surface area (Å²) in [5, 5.41) is 4.08. The minimum Gasteiger partial charge on any atom is -0.493 e. The fraction of sp³-hybridized carbons (Fsp3) is 0.222. The van der Waals surface area contributed by atoms with Crippen molar-refractivity contribution in [2.45, 2.75) is 0 Å². The van der Waals surface area contributed by atoms with Crippen LogP contribution < -0.4 is 19.2 Å². The normalized spacial score (nSPS) is 11.3. The van der Waals surface area contributed by atoms with E-state index in [9.17, 15) is 13.2 Å². The Kier molecular flexibility index (Phi) is 7.24. The second kappa shape index (κ2) is 9.43. The highest BCUT2D eigenvalue weighted by Crippen LogP contribution is 2.29. The zero-order valence-corrected chi connectivity index (χ0v) is 17.1. The molecule has 0 saturated heterocycles. The number of halogens is 1. The van der Waals surface area contributed by atoms with Gasteiger partial charge in [0.05, 0.1) is 37.4 Å². The fourth-order valence-corrected chi connectivity index (χ4v) is 3.54. The molecule has 2 aromatic rings. The highest BCUT2D eigenvalue weighted by Gasteiger charge is 2.22. The predicted octanol–water partition coefficient (Wildman–Crippen LogP) is 2.27. The summed E-state index contributed by atoms with van der Waals surface area (Å²) in [5.41, 5.74) is 3.08. The minimum atomic E-state index is -3.73. The van der Waals surface area contributed by atoms with Crippen molar-refractivity contribution in [3.8, 4) is 11.5 Å². The molecule has 28 heavy (non-hydrogen) atoms. The van der Waals surface area contributed by atoms with E-state index in [-0.39, 0.29) is 10.7 Å². The third kappa shape index (κ3) is 5.37. The molecule has 0 atom stereocenters. The van der Waals surface area contributed by atoms with Crippen LogP contribution in [0.2, 0.25) is 5.02 Å². The monoisotopic (exact) mass is 425 g/mol. The number of amides is 1. The first-order chi connectivity index (χ1) is 13.3. The largest absolute Gasteiger partial charge is 0.493 e. The Labute approximate surface area is 168 Å². The smallest absolute Gasteiger partial charge is 0.260 e. The maximum Gasteiger partial charge on any atom is 0.260 e. The van der Waals surface area contributed by atoms with Crippen LogP contribution >= 0.6 is 11.6 Å². The van der Waals surface area contributed by atoms with Gasteiger partial charge >= 0.3 is 0 Å². The Morgan fingerprint density at radius 3 is 2.50 bits per heavy atom. The highest BCUT2D eigenvalue weighted by atomic mass is 35.5. The van der Waals surface area contributed by atoms with Crippen LogP contribution in [0.3, 0.4) is 0 Å². The van der Waals surface area contributed by atoms with Gasteiger partial charge in [0.1, 0.15) is 6.54 Å². The lowest BCUT2D eigenvalue weighted by molar-refractivity contribution is -0.119. The average Bonchev–Trinajstić information content (AvgIpc) is 2.65. The van der Waals surface area contributed by atoms with Gasteiger partial charge in [-0.15, -0.1) is 0 Å². The number of carbonyl (C=O) groups excluding carboxylic acids is 1. The van der Waals surface area contributed by atoms with E-state index in [1.807, 2.05) is 0 Å². The van der Waals surface area contributed by atoms with E-state index in [1.165, 1.54) is 26.5 Å². The van der Waals surface area contributed by atoms with Crippen molar-refractivity contribution in [1.82, 2.24) is 5.43 Å². The SMILES string of the molecule is COc1cccc(/C=N\NC(=O)CN(c2ccccc2Cl)S(C)(=O)=O)c1OC. The molecule has 0 bridgehead atoms. The number of para-hydroxylation sites is 2. The van der Waals surface area contributed by atoms with E-state index < -0.39 is 22.5 Å². The third-order valence-corrected chi connectivity index (χ3v) is 5.08. The van der Waals surface area contributed by atoms with E-state index in [0.717, 1.165) is 10.6 Å². The molecule has 2 aromatic carbocycles. The zero-order valence-electron chi connectivity index (χ0n) is 15.5. The minimum absolute atomic E-state index is 0.209. The van der Waals surface area contributed by atoms with Crippen LogP contribution in [0.5, 0.6) is 11.5 Å². The lowest BCUT2D eigenvalue weighted by Crippen LogP contribution is -2.39. The summed E-state index contributed by atoms with van der Waals surface area (Å²) in [5.74, 6) is 0.333. The summed E-state index contributed by atoms with van der Waals surface area (Å²) < 4.78 is 35.6. The standard InChI is InChI=1S/C18H20ClN3O5S/c1-26-16-10-6-7-13(18(16)27-2)11-20-21-17(23)12-22(28(3,24)25)15-9-5-4-8-14(15)19/h4-11H,12H2,1-3H3,(H,21,23)/b20-11-.